The summed E-state index contributed by atoms with van der Waals surface area (Å²) in [6.07, 6.45) is 0. The number of amidine groups is 1. The van der Waals surface area contributed by atoms with Crippen molar-refractivity contribution in [2.75, 3.05) is 13.7 Å². The molecule has 0 saturated carbocycles. The van der Waals surface area contributed by atoms with Crippen LogP contribution in [-0.4, -0.2) is 40.7 Å². The van der Waals surface area contributed by atoms with Gasteiger partial charge in [0.25, 0.3) is 5.91 Å². The number of amides is 1. The smallest absolute Gasteiger partial charge is 0.335 e. The van der Waals surface area contributed by atoms with Crippen LogP contribution in [0.2, 0.25) is 0 Å². The summed E-state index contributed by atoms with van der Waals surface area (Å²) in [5, 5.41) is 9.69. The Labute approximate surface area is 167 Å². The molecule has 7 heteroatoms. The number of thioether (sulfide) groups is 1. The number of nitrogens with zero attached hydrogens (tertiary/aromatic N) is 2. The van der Waals surface area contributed by atoms with Crippen molar-refractivity contribution in [1.82, 2.24) is 4.90 Å². The molecular formula is C21H20N2O4S. The largest absolute Gasteiger partial charge is 0.497 e. The SMILES string of the molecule is CCN1C(=O)/C(=C(\C)c2cccc(OC)c2)SC1=Nc1cccc(C(=O)O)c1. The molecule has 0 unspecified atom stereocenters. The maximum Gasteiger partial charge on any atom is 0.335 e. The number of allylic oxidation sites excluding steroid dienone is 1. The Bertz CT molecular complexity index is 997. The van der Waals surface area contributed by atoms with Gasteiger partial charge in [-0.2, -0.15) is 0 Å². The van der Waals surface area contributed by atoms with Crippen LogP contribution in [0.3, 0.4) is 0 Å². The molecule has 1 aliphatic rings. The first kappa shape index (κ1) is 19.7. The molecule has 144 valence electrons. The average molecular weight is 396 g/mol. The van der Waals surface area contributed by atoms with Crippen molar-refractivity contribution in [3.8, 4) is 5.75 Å². The number of likely N-dealkylation sites (N-methyl/N-ethyl adjacent to an activating group) is 1. The third-order valence-electron chi connectivity index (χ3n) is 4.34. The van der Waals surface area contributed by atoms with E-state index in [2.05, 4.69) is 4.99 Å². The highest BCUT2D eigenvalue weighted by Gasteiger charge is 2.34. The van der Waals surface area contributed by atoms with Gasteiger partial charge in [-0.05, 0) is 67.1 Å². The van der Waals surface area contributed by atoms with Crippen LogP contribution in [0.5, 0.6) is 5.75 Å². The van der Waals surface area contributed by atoms with Crippen LogP contribution in [0.15, 0.2) is 58.4 Å². The van der Waals surface area contributed by atoms with Crippen LogP contribution >= 0.6 is 11.8 Å². The molecule has 0 atom stereocenters. The number of hydrogen-bond acceptors (Lipinski definition) is 5. The van der Waals surface area contributed by atoms with E-state index in [1.807, 2.05) is 38.1 Å². The topological polar surface area (TPSA) is 79.2 Å². The highest BCUT2D eigenvalue weighted by Crippen LogP contribution is 2.38. The second kappa shape index (κ2) is 8.31. The van der Waals surface area contributed by atoms with Crippen molar-refractivity contribution in [3.63, 3.8) is 0 Å². The van der Waals surface area contributed by atoms with Crippen molar-refractivity contribution in [2.24, 2.45) is 4.99 Å². The molecule has 1 aliphatic heterocycles. The van der Waals surface area contributed by atoms with E-state index in [0.717, 1.165) is 16.9 Å². The lowest BCUT2D eigenvalue weighted by molar-refractivity contribution is -0.122. The van der Waals surface area contributed by atoms with Crippen molar-refractivity contribution in [3.05, 3.63) is 64.6 Å². The summed E-state index contributed by atoms with van der Waals surface area (Å²) >= 11 is 1.29. The molecule has 0 aliphatic carbocycles. The normalized spacial score (nSPS) is 17.2. The molecule has 0 radical (unpaired) electrons. The summed E-state index contributed by atoms with van der Waals surface area (Å²) in [5.41, 5.74) is 2.40. The van der Waals surface area contributed by atoms with Gasteiger partial charge in [0.15, 0.2) is 5.17 Å². The summed E-state index contributed by atoms with van der Waals surface area (Å²) in [5.74, 6) is -0.403. The summed E-state index contributed by atoms with van der Waals surface area (Å²) in [4.78, 5) is 30.8. The number of ether oxygens (including phenoxy) is 1. The Balaban J connectivity index is 2.00. The van der Waals surface area contributed by atoms with Gasteiger partial charge in [-0.3, -0.25) is 9.69 Å². The number of carboxylic acids is 1. The fourth-order valence-corrected chi connectivity index (χ4v) is 3.93. The number of aromatic carboxylic acids is 1. The van der Waals surface area contributed by atoms with Crippen molar-refractivity contribution < 1.29 is 19.4 Å². The Kier molecular flexibility index (Phi) is 5.84. The zero-order chi connectivity index (χ0) is 20.3. The Hall–Kier alpha value is -3.06. The first-order valence-electron chi connectivity index (χ1n) is 8.71. The van der Waals surface area contributed by atoms with E-state index in [-0.39, 0.29) is 11.5 Å². The van der Waals surface area contributed by atoms with E-state index in [1.165, 1.54) is 23.9 Å². The Morgan fingerprint density at radius 3 is 2.57 bits per heavy atom. The van der Waals surface area contributed by atoms with Gasteiger partial charge in [0.2, 0.25) is 0 Å². The molecule has 6 nitrogen and oxygen atoms in total. The van der Waals surface area contributed by atoms with E-state index in [9.17, 15) is 9.59 Å². The molecule has 28 heavy (non-hydrogen) atoms. The van der Waals surface area contributed by atoms with Crippen LogP contribution in [0.1, 0.15) is 29.8 Å². The second-order valence-electron chi connectivity index (χ2n) is 6.09. The van der Waals surface area contributed by atoms with Gasteiger partial charge in [-0.1, -0.05) is 18.2 Å². The molecule has 1 saturated heterocycles. The van der Waals surface area contributed by atoms with Crippen molar-refractivity contribution in [1.29, 1.82) is 0 Å². The number of aliphatic imine (C=N–C) groups is 1. The lowest BCUT2D eigenvalue weighted by Crippen LogP contribution is -2.28. The zero-order valence-electron chi connectivity index (χ0n) is 15.8. The van der Waals surface area contributed by atoms with E-state index in [1.54, 1.807) is 24.1 Å². The predicted molar refractivity (Wildman–Crippen MR) is 111 cm³/mol. The first-order valence-corrected chi connectivity index (χ1v) is 9.53. The fourth-order valence-electron chi connectivity index (χ4n) is 2.80. The van der Waals surface area contributed by atoms with E-state index < -0.39 is 5.97 Å². The number of rotatable bonds is 5. The molecule has 0 spiro atoms. The predicted octanol–water partition coefficient (Wildman–Crippen LogP) is 4.41. The molecule has 1 fully saturated rings. The van der Waals surface area contributed by atoms with E-state index in [4.69, 9.17) is 9.84 Å². The number of methoxy groups -OCH3 is 1. The molecule has 0 aromatic heterocycles. The Morgan fingerprint density at radius 2 is 1.89 bits per heavy atom. The maximum absolute atomic E-state index is 12.9. The zero-order valence-corrected chi connectivity index (χ0v) is 16.6. The monoisotopic (exact) mass is 396 g/mol. The summed E-state index contributed by atoms with van der Waals surface area (Å²) < 4.78 is 5.27. The molecule has 2 aromatic rings. The third kappa shape index (κ3) is 3.94. The fraction of sp³-hybridized carbons (Fsp3) is 0.190. The highest BCUT2D eigenvalue weighted by atomic mass is 32.2. The maximum atomic E-state index is 12.9. The van der Waals surface area contributed by atoms with Crippen molar-refractivity contribution in [2.45, 2.75) is 13.8 Å². The molecule has 0 bridgehead atoms. The van der Waals surface area contributed by atoms with Gasteiger partial charge >= 0.3 is 5.97 Å². The lowest BCUT2D eigenvalue weighted by atomic mass is 10.1. The van der Waals surface area contributed by atoms with Crippen LogP contribution < -0.4 is 4.74 Å². The van der Waals surface area contributed by atoms with Crippen LogP contribution in [-0.2, 0) is 4.79 Å². The molecule has 2 aromatic carbocycles. The number of hydrogen-bond donors (Lipinski definition) is 1. The molecule has 3 rings (SSSR count). The quantitative estimate of drug-likeness (QED) is 0.758. The minimum atomic E-state index is -1.01. The summed E-state index contributed by atoms with van der Waals surface area (Å²) in [6.45, 7) is 4.25. The Morgan fingerprint density at radius 1 is 1.18 bits per heavy atom. The van der Waals surface area contributed by atoms with Crippen molar-refractivity contribution >= 4 is 40.1 Å². The second-order valence-corrected chi connectivity index (χ2v) is 7.06. The standard InChI is InChI=1S/C21H20N2O4S/c1-4-23-19(24)18(13(2)14-7-6-10-17(12-14)27-3)28-21(23)22-16-9-5-8-15(11-16)20(25)26/h5-12H,4H2,1-3H3,(H,25,26)/b18-13-,22-21?. The summed E-state index contributed by atoms with van der Waals surface area (Å²) in [6, 6.07) is 13.9. The van der Waals surface area contributed by atoms with Gasteiger partial charge in [0, 0.05) is 6.54 Å². The third-order valence-corrected chi connectivity index (χ3v) is 5.52. The lowest BCUT2D eigenvalue weighted by Gasteiger charge is -2.12. The molecule has 1 amide bonds. The number of carbonyl (C=O) groups excluding carboxylic acids is 1. The molecule has 1 N–H and O–H groups in total. The highest BCUT2D eigenvalue weighted by molar-refractivity contribution is 8.18. The summed E-state index contributed by atoms with van der Waals surface area (Å²) in [7, 11) is 1.60. The van der Waals surface area contributed by atoms with Gasteiger partial charge in [-0.15, -0.1) is 0 Å². The average Bonchev–Trinajstić information content (AvgIpc) is 3.02. The van der Waals surface area contributed by atoms with E-state index in [0.29, 0.717) is 22.3 Å². The van der Waals surface area contributed by atoms with Gasteiger partial charge in [0.05, 0.1) is 23.3 Å². The van der Waals surface area contributed by atoms with Crippen LogP contribution in [0.25, 0.3) is 5.57 Å². The minimum Gasteiger partial charge on any atom is -0.497 e. The van der Waals surface area contributed by atoms with E-state index >= 15 is 0 Å². The van der Waals surface area contributed by atoms with Crippen LogP contribution in [0, 0.1) is 0 Å². The van der Waals surface area contributed by atoms with Gasteiger partial charge in [0.1, 0.15) is 5.75 Å². The molecule has 1 heterocycles. The van der Waals surface area contributed by atoms with Gasteiger partial charge < -0.3 is 9.84 Å². The molecular weight excluding hydrogens is 376 g/mol. The first-order chi connectivity index (χ1) is 13.4. The van der Waals surface area contributed by atoms with Crippen LogP contribution in [0.4, 0.5) is 5.69 Å². The minimum absolute atomic E-state index is 0.110. The number of carbonyl (C=O) groups is 2. The number of carboxylic acid groups (broad SMARTS) is 1. The number of benzene rings is 2. The van der Waals surface area contributed by atoms with Gasteiger partial charge in [-0.25, -0.2) is 9.79 Å².